The van der Waals surface area contributed by atoms with Crippen molar-refractivity contribution in [2.75, 3.05) is 13.7 Å². The van der Waals surface area contributed by atoms with E-state index in [0.717, 1.165) is 16.9 Å². The summed E-state index contributed by atoms with van der Waals surface area (Å²) in [4.78, 5) is 12.0. The standard InChI is InChI=1S/C18H20O3/c1-13-4-8-15(9-5-13)17(18(19)20-3)12-21-16-10-6-14(2)7-11-16/h4-11,17H,12H2,1-3H3. The Morgan fingerprint density at radius 3 is 2.00 bits per heavy atom. The summed E-state index contributed by atoms with van der Waals surface area (Å²) in [7, 11) is 1.40. The van der Waals surface area contributed by atoms with E-state index in [9.17, 15) is 4.79 Å². The first kappa shape index (κ1) is 15.1. The highest BCUT2D eigenvalue weighted by Gasteiger charge is 2.22. The van der Waals surface area contributed by atoms with Gasteiger partial charge in [0.1, 0.15) is 18.3 Å². The summed E-state index contributed by atoms with van der Waals surface area (Å²) in [5, 5.41) is 0. The van der Waals surface area contributed by atoms with Crippen molar-refractivity contribution in [2.45, 2.75) is 19.8 Å². The molecule has 2 rings (SSSR count). The molecule has 0 aliphatic heterocycles. The zero-order valence-electron chi connectivity index (χ0n) is 12.6. The molecule has 0 N–H and O–H groups in total. The van der Waals surface area contributed by atoms with Crippen LogP contribution in [0.1, 0.15) is 22.6 Å². The Hall–Kier alpha value is -2.29. The lowest BCUT2D eigenvalue weighted by atomic mass is 9.99. The Morgan fingerprint density at radius 1 is 0.952 bits per heavy atom. The number of rotatable bonds is 5. The Bertz CT molecular complexity index is 585. The Kier molecular flexibility index (Phi) is 4.99. The number of carbonyl (C=O) groups excluding carboxylic acids is 1. The van der Waals surface area contributed by atoms with Gasteiger partial charge in [-0.3, -0.25) is 4.79 Å². The van der Waals surface area contributed by atoms with Gasteiger partial charge < -0.3 is 9.47 Å². The quantitative estimate of drug-likeness (QED) is 0.786. The van der Waals surface area contributed by atoms with Crippen molar-refractivity contribution < 1.29 is 14.3 Å². The van der Waals surface area contributed by atoms with Crippen LogP contribution < -0.4 is 4.74 Å². The highest BCUT2D eigenvalue weighted by atomic mass is 16.5. The number of methoxy groups -OCH3 is 1. The van der Waals surface area contributed by atoms with Crippen molar-refractivity contribution in [3.05, 3.63) is 65.2 Å². The van der Waals surface area contributed by atoms with Gasteiger partial charge in [0.15, 0.2) is 0 Å². The van der Waals surface area contributed by atoms with Gasteiger partial charge in [-0.2, -0.15) is 0 Å². The largest absolute Gasteiger partial charge is 0.492 e. The third-order valence-corrected chi connectivity index (χ3v) is 3.40. The second-order valence-corrected chi connectivity index (χ2v) is 5.11. The van der Waals surface area contributed by atoms with E-state index in [1.807, 2.05) is 62.4 Å². The van der Waals surface area contributed by atoms with E-state index in [4.69, 9.17) is 9.47 Å². The fourth-order valence-electron chi connectivity index (χ4n) is 2.06. The van der Waals surface area contributed by atoms with E-state index in [0.29, 0.717) is 0 Å². The van der Waals surface area contributed by atoms with E-state index in [2.05, 4.69) is 0 Å². The van der Waals surface area contributed by atoms with E-state index in [-0.39, 0.29) is 12.6 Å². The SMILES string of the molecule is COC(=O)C(COc1ccc(C)cc1)c1ccc(C)cc1. The first-order valence-corrected chi connectivity index (χ1v) is 6.94. The van der Waals surface area contributed by atoms with Gasteiger partial charge in [-0.25, -0.2) is 0 Å². The van der Waals surface area contributed by atoms with E-state index in [1.54, 1.807) is 0 Å². The molecule has 0 bridgehead atoms. The molecule has 0 radical (unpaired) electrons. The van der Waals surface area contributed by atoms with Gasteiger partial charge >= 0.3 is 5.97 Å². The van der Waals surface area contributed by atoms with Crippen molar-refractivity contribution in [3.8, 4) is 5.75 Å². The molecule has 0 amide bonds. The monoisotopic (exact) mass is 284 g/mol. The number of hydrogen-bond acceptors (Lipinski definition) is 3. The Morgan fingerprint density at radius 2 is 1.48 bits per heavy atom. The molecule has 0 aliphatic rings. The van der Waals surface area contributed by atoms with Crippen molar-refractivity contribution in [1.82, 2.24) is 0 Å². The first-order valence-electron chi connectivity index (χ1n) is 6.94. The summed E-state index contributed by atoms with van der Waals surface area (Å²) < 4.78 is 10.6. The molecule has 0 spiro atoms. The molecule has 110 valence electrons. The molecule has 1 unspecified atom stereocenters. The highest BCUT2D eigenvalue weighted by molar-refractivity contribution is 5.78. The van der Waals surface area contributed by atoms with Crippen LogP contribution >= 0.6 is 0 Å². The number of ether oxygens (including phenoxy) is 2. The number of hydrogen-bond donors (Lipinski definition) is 0. The molecule has 3 heteroatoms. The predicted molar refractivity (Wildman–Crippen MR) is 82.6 cm³/mol. The van der Waals surface area contributed by atoms with Crippen LogP contribution in [-0.2, 0) is 9.53 Å². The zero-order valence-corrected chi connectivity index (χ0v) is 12.6. The molecule has 21 heavy (non-hydrogen) atoms. The lowest BCUT2D eigenvalue weighted by molar-refractivity contribution is -0.143. The van der Waals surface area contributed by atoms with E-state index >= 15 is 0 Å². The summed E-state index contributed by atoms with van der Waals surface area (Å²) in [6.07, 6.45) is 0. The van der Waals surface area contributed by atoms with Crippen LogP contribution in [0.25, 0.3) is 0 Å². The maximum Gasteiger partial charge on any atom is 0.316 e. The normalized spacial score (nSPS) is 11.8. The summed E-state index contributed by atoms with van der Waals surface area (Å²) in [5.74, 6) is 0.0458. The second kappa shape index (κ2) is 6.93. The summed E-state index contributed by atoms with van der Waals surface area (Å²) in [5.41, 5.74) is 3.23. The molecule has 0 aliphatic carbocycles. The molecule has 1 atom stereocenters. The molecule has 0 heterocycles. The Balaban J connectivity index is 2.11. The molecule has 2 aromatic carbocycles. The average Bonchev–Trinajstić information content (AvgIpc) is 2.50. The number of benzene rings is 2. The third kappa shape index (κ3) is 4.09. The van der Waals surface area contributed by atoms with Gasteiger partial charge in [0.05, 0.1) is 7.11 Å². The molecule has 0 fully saturated rings. The van der Waals surface area contributed by atoms with Gasteiger partial charge in [-0.15, -0.1) is 0 Å². The van der Waals surface area contributed by atoms with Crippen LogP contribution in [0, 0.1) is 13.8 Å². The van der Waals surface area contributed by atoms with Crippen LogP contribution in [0.2, 0.25) is 0 Å². The fourth-order valence-corrected chi connectivity index (χ4v) is 2.06. The smallest absolute Gasteiger partial charge is 0.316 e. The van der Waals surface area contributed by atoms with Crippen molar-refractivity contribution in [1.29, 1.82) is 0 Å². The van der Waals surface area contributed by atoms with Gasteiger partial charge in [0.2, 0.25) is 0 Å². The average molecular weight is 284 g/mol. The van der Waals surface area contributed by atoms with Crippen LogP contribution in [0.4, 0.5) is 0 Å². The predicted octanol–water partition coefficient (Wildman–Crippen LogP) is 3.64. The van der Waals surface area contributed by atoms with Crippen LogP contribution in [0.15, 0.2) is 48.5 Å². The fraction of sp³-hybridized carbons (Fsp3) is 0.278. The second-order valence-electron chi connectivity index (χ2n) is 5.11. The summed E-state index contributed by atoms with van der Waals surface area (Å²) >= 11 is 0. The summed E-state index contributed by atoms with van der Waals surface area (Å²) in [6.45, 7) is 4.30. The van der Waals surface area contributed by atoms with Crippen molar-refractivity contribution >= 4 is 5.97 Å². The lowest BCUT2D eigenvalue weighted by Crippen LogP contribution is -2.21. The topological polar surface area (TPSA) is 35.5 Å². The molecule has 2 aromatic rings. The summed E-state index contributed by atoms with van der Waals surface area (Å²) in [6, 6.07) is 15.6. The maximum absolute atomic E-state index is 12.0. The van der Waals surface area contributed by atoms with Gasteiger partial charge in [0, 0.05) is 0 Å². The lowest BCUT2D eigenvalue weighted by Gasteiger charge is -2.16. The Labute approximate surface area is 125 Å². The van der Waals surface area contributed by atoms with Crippen molar-refractivity contribution in [2.24, 2.45) is 0 Å². The van der Waals surface area contributed by atoms with Crippen LogP contribution in [-0.4, -0.2) is 19.7 Å². The van der Waals surface area contributed by atoms with Crippen LogP contribution in [0.5, 0.6) is 5.75 Å². The minimum Gasteiger partial charge on any atom is -0.492 e. The van der Waals surface area contributed by atoms with Crippen molar-refractivity contribution in [3.63, 3.8) is 0 Å². The minimum atomic E-state index is -0.420. The molecular weight excluding hydrogens is 264 g/mol. The van der Waals surface area contributed by atoms with Gasteiger partial charge in [-0.05, 0) is 31.5 Å². The first-order chi connectivity index (χ1) is 10.1. The third-order valence-electron chi connectivity index (χ3n) is 3.40. The van der Waals surface area contributed by atoms with Crippen LogP contribution in [0.3, 0.4) is 0 Å². The zero-order chi connectivity index (χ0) is 15.2. The molecule has 0 saturated heterocycles. The number of aryl methyl sites for hydroxylation is 2. The molecule has 0 aromatic heterocycles. The number of esters is 1. The van der Waals surface area contributed by atoms with E-state index in [1.165, 1.54) is 12.7 Å². The minimum absolute atomic E-state index is 0.263. The van der Waals surface area contributed by atoms with Gasteiger partial charge in [-0.1, -0.05) is 47.5 Å². The van der Waals surface area contributed by atoms with Gasteiger partial charge in [0.25, 0.3) is 0 Å². The molecule has 3 nitrogen and oxygen atoms in total. The maximum atomic E-state index is 12.0. The highest BCUT2D eigenvalue weighted by Crippen LogP contribution is 2.21. The van der Waals surface area contributed by atoms with E-state index < -0.39 is 5.92 Å². The molecule has 0 saturated carbocycles. The number of carbonyl (C=O) groups is 1. The molecular formula is C18H20O3.